The summed E-state index contributed by atoms with van der Waals surface area (Å²) in [5.74, 6) is 2.48. The minimum absolute atomic E-state index is 0.148. The normalized spacial score (nSPS) is 19.9. The van der Waals surface area contributed by atoms with Gasteiger partial charge in [-0.25, -0.2) is 0 Å². The molecule has 0 saturated heterocycles. The van der Waals surface area contributed by atoms with Crippen LogP contribution in [-0.2, 0) is 9.59 Å². The highest BCUT2D eigenvalue weighted by Gasteiger charge is 2.32. The summed E-state index contributed by atoms with van der Waals surface area (Å²) in [6.07, 6.45) is 8.36. The fourth-order valence-corrected chi connectivity index (χ4v) is 3.99. The van der Waals surface area contributed by atoms with Crippen LogP contribution in [0.15, 0.2) is 24.3 Å². The van der Waals surface area contributed by atoms with Gasteiger partial charge in [0.25, 0.3) is 0 Å². The number of terminal acetylenes is 1. The zero-order valence-corrected chi connectivity index (χ0v) is 14.4. The van der Waals surface area contributed by atoms with Crippen molar-refractivity contribution in [2.24, 2.45) is 0 Å². The van der Waals surface area contributed by atoms with Gasteiger partial charge in [0.05, 0.1) is 0 Å². The van der Waals surface area contributed by atoms with Gasteiger partial charge in [0, 0.05) is 29.6 Å². The molecule has 23 heavy (non-hydrogen) atoms. The smallest absolute Gasteiger partial charge is 0.313 e. The third kappa shape index (κ3) is 4.52. The SMILES string of the molecule is C#Cc1cccc(NC(=O)C(=O)N(C)[C@H]2CC[C@@H](SCC)C2)c1. The molecule has 1 aromatic rings. The van der Waals surface area contributed by atoms with Crippen LogP contribution in [-0.4, -0.2) is 40.8 Å². The molecule has 0 unspecified atom stereocenters. The monoisotopic (exact) mass is 330 g/mol. The van der Waals surface area contributed by atoms with Crippen LogP contribution in [0.4, 0.5) is 5.69 Å². The van der Waals surface area contributed by atoms with Crippen molar-refractivity contribution in [1.82, 2.24) is 4.90 Å². The van der Waals surface area contributed by atoms with Crippen LogP contribution >= 0.6 is 11.8 Å². The zero-order valence-electron chi connectivity index (χ0n) is 13.5. The summed E-state index contributed by atoms with van der Waals surface area (Å²) in [5.41, 5.74) is 1.21. The quantitative estimate of drug-likeness (QED) is 0.682. The van der Waals surface area contributed by atoms with Gasteiger partial charge in [-0.2, -0.15) is 11.8 Å². The van der Waals surface area contributed by atoms with Gasteiger partial charge in [-0.3, -0.25) is 9.59 Å². The summed E-state index contributed by atoms with van der Waals surface area (Å²) >= 11 is 1.93. The summed E-state index contributed by atoms with van der Waals surface area (Å²) in [6, 6.07) is 7.06. The van der Waals surface area contributed by atoms with Crippen LogP contribution in [0.25, 0.3) is 0 Å². The van der Waals surface area contributed by atoms with E-state index in [1.54, 1.807) is 36.2 Å². The number of benzene rings is 1. The minimum atomic E-state index is -0.617. The summed E-state index contributed by atoms with van der Waals surface area (Å²) in [5, 5.41) is 3.22. The molecule has 0 aromatic heterocycles. The van der Waals surface area contributed by atoms with Crippen molar-refractivity contribution < 1.29 is 9.59 Å². The Balaban J connectivity index is 1.94. The molecule has 4 nitrogen and oxygen atoms in total. The molecular formula is C18H22N2O2S. The lowest BCUT2D eigenvalue weighted by Crippen LogP contribution is -2.42. The Hall–Kier alpha value is -1.93. The number of carbonyl (C=O) groups is 2. The maximum absolute atomic E-state index is 12.3. The second-order valence-corrected chi connectivity index (χ2v) is 7.22. The van der Waals surface area contributed by atoms with Gasteiger partial charge in [-0.1, -0.05) is 18.9 Å². The van der Waals surface area contributed by atoms with Crippen molar-refractivity contribution in [3.8, 4) is 12.3 Å². The first-order chi connectivity index (χ1) is 11.0. The van der Waals surface area contributed by atoms with Gasteiger partial charge >= 0.3 is 11.8 Å². The number of rotatable bonds is 4. The molecule has 1 aliphatic carbocycles. The third-order valence-corrected chi connectivity index (χ3v) is 5.34. The average Bonchev–Trinajstić information content (AvgIpc) is 3.02. The third-order valence-electron chi connectivity index (χ3n) is 4.11. The van der Waals surface area contributed by atoms with Crippen LogP contribution in [0.2, 0.25) is 0 Å². The number of anilines is 1. The number of hydrogen-bond donors (Lipinski definition) is 1. The van der Waals surface area contributed by atoms with Crippen molar-refractivity contribution in [2.45, 2.75) is 37.5 Å². The van der Waals surface area contributed by atoms with Gasteiger partial charge in [0.1, 0.15) is 0 Å². The molecule has 1 aromatic carbocycles. The van der Waals surface area contributed by atoms with E-state index in [1.807, 2.05) is 11.8 Å². The molecule has 0 heterocycles. The van der Waals surface area contributed by atoms with Gasteiger partial charge in [-0.15, -0.1) is 6.42 Å². The molecule has 2 rings (SSSR count). The van der Waals surface area contributed by atoms with E-state index in [-0.39, 0.29) is 6.04 Å². The highest BCUT2D eigenvalue weighted by Crippen LogP contribution is 2.32. The van der Waals surface area contributed by atoms with E-state index < -0.39 is 11.8 Å². The van der Waals surface area contributed by atoms with Crippen LogP contribution < -0.4 is 5.32 Å². The Morgan fingerprint density at radius 1 is 1.43 bits per heavy atom. The number of hydrogen-bond acceptors (Lipinski definition) is 3. The van der Waals surface area contributed by atoms with Crippen molar-refractivity contribution in [2.75, 3.05) is 18.1 Å². The van der Waals surface area contributed by atoms with Crippen molar-refractivity contribution in [1.29, 1.82) is 0 Å². The summed E-state index contributed by atoms with van der Waals surface area (Å²) in [6.45, 7) is 2.14. The highest BCUT2D eigenvalue weighted by atomic mass is 32.2. The lowest BCUT2D eigenvalue weighted by atomic mass is 10.2. The summed E-state index contributed by atoms with van der Waals surface area (Å²) < 4.78 is 0. The highest BCUT2D eigenvalue weighted by molar-refractivity contribution is 7.99. The number of amides is 2. The van der Waals surface area contributed by atoms with Gasteiger partial charge < -0.3 is 10.2 Å². The topological polar surface area (TPSA) is 49.4 Å². The molecule has 0 radical (unpaired) electrons. The molecule has 2 amide bonds. The first-order valence-electron chi connectivity index (χ1n) is 7.81. The maximum atomic E-state index is 12.3. The van der Waals surface area contributed by atoms with E-state index in [4.69, 9.17) is 6.42 Å². The van der Waals surface area contributed by atoms with Crippen molar-refractivity contribution in [3.63, 3.8) is 0 Å². The van der Waals surface area contributed by atoms with Crippen LogP contribution in [0.5, 0.6) is 0 Å². The average molecular weight is 330 g/mol. The predicted molar refractivity (Wildman–Crippen MR) is 95.3 cm³/mol. The molecule has 1 fully saturated rings. The first kappa shape index (κ1) is 17.4. The molecule has 0 aliphatic heterocycles. The Morgan fingerprint density at radius 2 is 2.22 bits per heavy atom. The Kier molecular flexibility index (Phi) is 6.12. The van der Waals surface area contributed by atoms with Gasteiger partial charge in [0.15, 0.2) is 0 Å². The van der Waals surface area contributed by atoms with Crippen molar-refractivity contribution in [3.05, 3.63) is 29.8 Å². The lowest BCUT2D eigenvalue weighted by Gasteiger charge is -2.24. The number of nitrogens with one attached hydrogen (secondary N) is 1. The molecule has 1 saturated carbocycles. The van der Waals surface area contributed by atoms with E-state index in [1.165, 1.54) is 0 Å². The number of nitrogens with zero attached hydrogens (tertiary/aromatic N) is 1. The second-order valence-electron chi connectivity index (χ2n) is 5.64. The molecule has 1 aliphatic rings. The molecular weight excluding hydrogens is 308 g/mol. The summed E-state index contributed by atoms with van der Waals surface area (Å²) in [4.78, 5) is 26.1. The standard InChI is InChI=1S/C18H22N2O2S/c1-4-13-7-6-8-14(11-13)19-17(21)18(22)20(3)15-9-10-16(12-15)23-5-2/h1,6-8,11,15-16H,5,9-10,12H2,2-3H3,(H,19,21)/t15-,16+/m0/s1. The Morgan fingerprint density at radius 3 is 2.91 bits per heavy atom. The fourth-order valence-electron chi connectivity index (χ4n) is 2.85. The molecule has 5 heteroatoms. The Labute approximate surface area is 142 Å². The fraction of sp³-hybridized carbons (Fsp3) is 0.444. The van der Waals surface area contributed by atoms with E-state index in [0.717, 1.165) is 25.0 Å². The van der Waals surface area contributed by atoms with E-state index in [2.05, 4.69) is 18.2 Å². The van der Waals surface area contributed by atoms with E-state index >= 15 is 0 Å². The molecule has 1 N–H and O–H groups in total. The second kappa shape index (κ2) is 8.07. The predicted octanol–water partition coefficient (Wildman–Crippen LogP) is 2.74. The molecule has 122 valence electrons. The molecule has 0 bridgehead atoms. The van der Waals surface area contributed by atoms with E-state index in [0.29, 0.717) is 16.5 Å². The van der Waals surface area contributed by atoms with Gasteiger partial charge in [0.2, 0.25) is 0 Å². The van der Waals surface area contributed by atoms with Crippen molar-refractivity contribution >= 4 is 29.3 Å². The maximum Gasteiger partial charge on any atom is 0.313 e. The number of carbonyl (C=O) groups excluding carboxylic acids is 2. The zero-order chi connectivity index (χ0) is 16.8. The molecule has 2 atom stereocenters. The summed E-state index contributed by atoms with van der Waals surface area (Å²) in [7, 11) is 1.71. The van der Waals surface area contributed by atoms with Gasteiger partial charge in [-0.05, 0) is 43.2 Å². The number of thioether (sulfide) groups is 1. The van der Waals surface area contributed by atoms with Crippen LogP contribution in [0.1, 0.15) is 31.7 Å². The molecule has 0 spiro atoms. The number of likely N-dealkylation sites (N-methyl/N-ethyl adjacent to an activating group) is 1. The lowest BCUT2D eigenvalue weighted by molar-refractivity contribution is -0.143. The minimum Gasteiger partial charge on any atom is -0.334 e. The Bertz CT molecular complexity index is 624. The largest absolute Gasteiger partial charge is 0.334 e. The van der Waals surface area contributed by atoms with Crippen LogP contribution in [0.3, 0.4) is 0 Å². The first-order valence-corrected chi connectivity index (χ1v) is 8.86. The van der Waals surface area contributed by atoms with Crippen LogP contribution in [0, 0.1) is 12.3 Å². The van der Waals surface area contributed by atoms with E-state index in [9.17, 15) is 9.59 Å².